The van der Waals surface area contributed by atoms with Crippen molar-refractivity contribution in [2.24, 2.45) is 17.3 Å². The number of benzene rings is 2. The Kier molecular flexibility index (Phi) is 13.0. The second kappa shape index (κ2) is 18.1. The fourth-order valence-electron chi connectivity index (χ4n) is 9.52. The quantitative estimate of drug-likeness (QED) is 0.113. The summed E-state index contributed by atoms with van der Waals surface area (Å²) in [4.78, 5) is 68.8. The molecule has 1 saturated heterocycles. The van der Waals surface area contributed by atoms with E-state index >= 15 is 0 Å². The Morgan fingerprint density at radius 2 is 1.80 bits per heavy atom. The Hall–Kier alpha value is -4.89. The topological polar surface area (TPSA) is 167 Å². The summed E-state index contributed by atoms with van der Waals surface area (Å²) in [5, 5.41) is 2.92. The lowest BCUT2D eigenvalue weighted by Gasteiger charge is -2.29. The first-order valence-corrected chi connectivity index (χ1v) is 25.6. The van der Waals surface area contributed by atoms with E-state index in [0.717, 1.165) is 46.6 Å². The average molecular weight is 926 g/mol. The van der Waals surface area contributed by atoms with E-state index in [2.05, 4.69) is 29.2 Å². The van der Waals surface area contributed by atoms with Crippen LogP contribution < -0.4 is 9.46 Å². The number of para-hydroxylation sites is 1. The van der Waals surface area contributed by atoms with Crippen molar-refractivity contribution in [3.8, 4) is 16.6 Å². The molecule has 2 aliphatic carbocycles. The maximum absolute atomic E-state index is 14.9. The Morgan fingerprint density at radius 1 is 1.03 bits per heavy atom. The minimum Gasteiger partial charge on any atom is -0.460 e. The highest BCUT2D eigenvalue weighted by Crippen LogP contribution is 2.58. The van der Waals surface area contributed by atoms with Gasteiger partial charge in [-0.05, 0) is 116 Å². The molecule has 4 aromatic rings. The molecule has 15 heteroatoms. The summed E-state index contributed by atoms with van der Waals surface area (Å²) >= 11 is 1.56. The molecular formula is C50H63N5O8S2. The lowest BCUT2D eigenvalue weighted by atomic mass is 9.90. The molecule has 5 atom stereocenters. The zero-order valence-corrected chi connectivity index (χ0v) is 40.4. The van der Waals surface area contributed by atoms with Crippen LogP contribution in [-0.2, 0) is 40.4 Å². The van der Waals surface area contributed by atoms with E-state index in [1.165, 1.54) is 11.1 Å². The molecule has 13 nitrogen and oxygen atoms in total. The van der Waals surface area contributed by atoms with Crippen LogP contribution in [0.3, 0.4) is 0 Å². The molecule has 0 bridgehead atoms. The summed E-state index contributed by atoms with van der Waals surface area (Å²) in [6.07, 6.45) is 8.51. The SMILES string of the molecule is Cc1ccccc1Cc1csc(-c2cccc3c2nc(O[C@@H]2C[C@H]4C(=O)C[C@]5(C(=O)NS(=O)(=O)C6(C)CC6)C[C@H]5/C=C\CCCCC[C@H](CC(=O)OC(C)(C)C)C(=O)N4C2)n3C(C)C)n1. The van der Waals surface area contributed by atoms with E-state index in [-0.39, 0.29) is 49.5 Å². The fraction of sp³-hybridized carbons (Fsp3) is 0.560. The molecule has 0 spiro atoms. The van der Waals surface area contributed by atoms with E-state index in [9.17, 15) is 27.6 Å². The van der Waals surface area contributed by atoms with E-state index < -0.39 is 55.7 Å². The number of allylic oxidation sites excluding steroid dienone is 2. The number of ether oxygens (including phenoxy) is 2. The van der Waals surface area contributed by atoms with Crippen molar-refractivity contribution in [2.45, 2.75) is 154 Å². The van der Waals surface area contributed by atoms with Crippen LogP contribution in [0.4, 0.5) is 0 Å². The Balaban J connectivity index is 1.11. The standard InChI is InChI=1S/C50H63N5O8S2/c1-31(2)55-39-21-15-20-38(44-51-36(30-64-44)24-33-17-14-13-16-32(33)3)43(39)52-47(55)62-37-26-40-41(56)28-50(46(59)53-65(60,61)49(7)22-23-49)27-35(50)19-12-10-8-9-11-18-34(45(58)54(40)29-37)25-42(57)63-48(4,5)6/h12-17,19-21,30-31,34-35,37,40H,8-11,18,22-29H2,1-7H3,(H,53,59)/b19-12-/t34-,35-,37-,40+,50-/m1/s1. The summed E-state index contributed by atoms with van der Waals surface area (Å²) in [7, 11) is -3.96. The van der Waals surface area contributed by atoms with Crippen LogP contribution >= 0.6 is 11.3 Å². The van der Waals surface area contributed by atoms with Gasteiger partial charge in [-0.15, -0.1) is 11.3 Å². The predicted molar refractivity (Wildman–Crippen MR) is 251 cm³/mol. The van der Waals surface area contributed by atoms with E-state index in [4.69, 9.17) is 19.4 Å². The molecule has 8 rings (SSSR count). The monoisotopic (exact) mass is 925 g/mol. The average Bonchev–Trinajstić information content (AvgIpc) is 3.92. The number of Topliss-reactive ketones (excluding diaryl/α,β-unsaturated/α-hetero) is 1. The molecule has 348 valence electrons. The minimum absolute atomic E-state index is 0.0538. The largest absolute Gasteiger partial charge is 0.460 e. The first-order valence-electron chi connectivity index (χ1n) is 23.2. The maximum Gasteiger partial charge on any atom is 0.307 e. The van der Waals surface area contributed by atoms with Gasteiger partial charge in [-0.3, -0.25) is 28.5 Å². The van der Waals surface area contributed by atoms with Gasteiger partial charge in [-0.1, -0.05) is 55.3 Å². The number of aromatic nitrogens is 3. The zero-order valence-electron chi connectivity index (χ0n) is 38.7. The molecule has 4 heterocycles. The van der Waals surface area contributed by atoms with Crippen molar-refractivity contribution >= 4 is 56.0 Å². The number of esters is 1. The molecule has 65 heavy (non-hydrogen) atoms. The second-order valence-electron chi connectivity index (χ2n) is 20.3. The van der Waals surface area contributed by atoms with Crippen molar-refractivity contribution in [2.75, 3.05) is 6.54 Å². The van der Waals surface area contributed by atoms with Crippen molar-refractivity contribution in [3.63, 3.8) is 0 Å². The van der Waals surface area contributed by atoms with Gasteiger partial charge in [0.05, 0.1) is 40.4 Å². The van der Waals surface area contributed by atoms with Crippen LogP contribution in [0.5, 0.6) is 6.01 Å². The third-order valence-corrected chi connectivity index (χ3v) is 16.8. The van der Waals surface area contributed by atoms with Crippen molar-refractivity contribution < 1.29 is 37.1 Å². The molecule has 3 fully saturated rings. The number of fused-ring (bicyclic) bond motifs is 3. The van der Waals surface area contributed by atoms with Crippen molar-refractivity contribution in [3.05, 3.63) is 76.8 Å². The number of thiazole rings is 1. The number of aryl methyl sites for hydroxylation is 1. The summed E-state index contributed by atoms with van der Waals surface area (Å²) in [5.41, 5.74) is 3.83. The molecule has 2 aromatic heterocycles. The normalized spacial score (nSPS) is 25.3. The number of nitrogens with one attached hydrogen (secondary N) is 1. The molecule has 2 amide bonds. The minimum atomic E-state index is -3.96. The Morgan fingerprint density at radius 3 is 2.52 bits per heavy atom. The van der Waals surface area contributed by atoms with E-state index in [0.29, 0.717) is 44.5 Å². The van der Waals surface area contributed by atoms with Gasteiger partial charge in [-0.2, -0.15) is 4.98 Å². The third kappa shape index (κ3) is 9.96. The lowest BCUT2D eigenvalue weighted by molar-refractivity contribution is -0.159. The van der Waals surface area contributed by atoms with Gasteiger partial charge in [0.1, 0.15) is 22.2 Å². The number of ketones is 1. The smallest absolute Gasteiger partial charge is 0.307 e. The highest BCUT2D eigenvalue weighted by atomic mass is 32.2. The van der Waals surface area contributed by atoms with Gasteiger partial charge in [0, 0.05) is 42.2 Å². The van der Waals surface area contributed by atoms with Gasteiger partial charge in [0.15, 0.2) is 5.78 Å². The number of rotatable bonds is 11. The van der Waals surface area contributed by atoms with E-state index in [1.807, 2.05) is 60.9 Å². The molecule has 0 radical (unpaired) electrons. The zero-order chi connectivity index (χ0) is 46.5. The molecule has 2 saturated carbocycles. The number of hydrogen-bond donors (Lipinski definition) is 1. The van der Waals surface area contributed by atoms with Crippen LogP contribution in [-0.4, -0.2) is 80.5 Å². The molecule has 1 N–H and O–H groups in total. The number of carbonyl (C=O) groups excluding carboxylic acids is 4. The van der Waals surface area contributed by atoms with Crippen LogP contribution in [0.15, 0.2) is 60.0 Å². The number of amides is 2. The molecular weight excluding hydrogens is 863 g/mol. The molecule has 2 aromatic carbocycles. The van der Waals surface area contributed by atoms with Crippen LogP contribution in [0.25, 0.3) is 21.6 Å². The number of imidazole rings is 1. The predicted octanol–water partition coefficient (Wildman–Crippen LogP) is 8.82. The first-order chi connectivity index (χ1) is 30.8. The number of sulfonamides is 1. The highest BCUT2D eigenvalue weighted by Gasteiger charge is 2.62. The first kappa shape index (κ1) is 46.6. The van der Waals surface area contributed by atoms with E-state index in [1.54, 1.807) is 43.9 Å². The van der Waals surface area contributed by atoms with Gasteiger partial charge >= 0.3 is 5.97 Å². The Bertz CT molecular complexity index is 2620. The second-order valence-corrected chi connectivity index (χ2v) is 23.4. The third-order valence-electron chi connectivity index (χ3n) is 13.7. The fourth-order valence-corrected chi connectivity index (χ4v) is 11.7. The van der Waals surface area contributed by atoms with Gasteiger partial charge in [0.25, 0.3) is 6.01 Å². The van der Waals surface area contributed by atoms with Crippen LogP contribution in [0, 0.1) is 24.2 Å². The number of carbonyl (C=O) groups is 4. The molecule has 0 unspecified atom stereocenters. The Labute approximate surface area is 386 Å². The molecule has 4 aliphatic rings. The van der Waals surface area contributed by atoms with Gasteiger partial charge < -0.3 is 14.4 Å². The summed E-state index contributed by atoms with van der Waals surface area (Å²) in [5.74, 6) is -2.92. The number of hydrogen-bond acceptors (Lipinski definition) is 11. The van der Waals surface area contributed by atoms with Crippen LogP contribution in [0.1, 0.15) is 135 Å². The van der Waals surface area contributed by atoms with Crippen molar-refractivity contribution in [1.29, 1.82) is 0 Å². The lowest BCUT2D eigenvalue weighted by Crippen LogP contribution is -2.47. The summed E-state index contributed by atoms with van der Waals surface area (Å²) < 4.78 is 42.5. The van der Waals surface area contributed by atoms with Gasteiger partial charge in [-0.25, -0.2) is 13.4 Å². The van der Waals surface area contributed by atoms with Gasteiger partial charge in [0.2, 0.25) is 21.8 Å². The highest BCUT2D eigenvalue weighted by molar-refractivity contribution is 7.91. The number of nitrogens with zero attached hydrogens (tertiary/aromatic N) is 4. The van der Waals surface area contributed by atoms with Crippen LogP contribution in [0.2, 0.25) is 0 Å². The summed E-state index contributed by atoms with van der Waals surface area (Å²) in [6.45, 7) is 13.2. The maximum atomic E-state index is 14.9. The summed E-state index contributed by atoms with van der Waals surface area (Å²) in [6, 6.07) is 13.6. The van der Waals surface area contributed by atoms with Crippen molar-refractivity contribution in [1.82, 2.24) is 24.2 Å². The molecule has 2 aliphatic heterocycles.